The van der Waals surface area contributed by atoms with Crippen LogP contribution in [-0.4, -0.2) is 82.4 Å². The number of hydrogen-bond donors (Lipinski definition) is 2. The van der Waals surface area contributed by atoms with E-state index in [4.69, 9.17) is 34.3 Å². The van der Waals surface area contributed by atoms with E-state index in [0.717, 1.165) is 50.4 Å². The highest BCUT2D eigenvalue weighted by Crippen LogP contribution is 2.33. The molecule has 3 atom stereocenters. The van der Waals surface area contributed by atoms with Gasteiger partial charge in [-0.3, -0.25) is 9.88 Å². The summed E-state index contributed by atoms with van der Waals surface area (Å²) in [6.45, 7) is 5.50. The number of para-hydroxylation sites is 1. The lowest BCUT2D eigenvalue weighted by molar-refractivity contribution is -0.193. The van der Waals surface area contributed by atoms with Crippen molar-refractivity contribution in [3.8, 4) is 0 Å². The lowest BCUT2D eigenvalue weighted by Crippen LogP contribution is -2.51. The van der Waals surface area contributed by atoms with E-state index in [9.17, 15) is 26.3 Å². The Balaban J connectivity index is 0.000000286. The Hall–Kier alpha value is -2.97. The molecule has 8 nitrogen and oxygen atoms in total. The number of alkyl halides is 6. The van der Waals surface area contributed by atoms with Gasteiger partial charge in [0.2, 0.25) is 0 Å². The third-order valence-corrected chi connectivity index (χ3v) is 5.54. The van der Waals surface area contributed by atoms with Crippen molar-refractivity contribution in [1.82, 2.24) is 9.88 Å². The van der Waals surface area contributed by atoms with Crippen LogP contribution >= 0.6 is 0 Å². The second kappa shape index (κ2) is 13.0. The lowest BCUT2D eigenvalue weighted by Gasteiger charge is -2.38. The standard InChI is InChI=1S/C19H24N2O2.2C2HF3O2/c1-2-22-18-10-9-17-19(18)23-12-11-21(17)13-15-8-7-14-5-3-4-6-16(14)20-15;2*3-2(4,5)1(6)7/h3-8,17-19H,2,9-13H2,1H3;2*(H,6,7)/t17-,18-,19+;;/m0../s1. The number of halogens is 6. The number of pyridine rings is 1. The number of nitrogens with zero attached hydrogens (tertiary/aromatic N) is 2. The Bertz CT molecular complexity index is 1020. The highest BCUT2D eigenvalue weighted by molar-refractivity contribution is 5.78. The van der Waals surface area contributed by atoms with Gasteiger partial charge in [-0.05, 0) is 31.9 Å². The predicted molar refractivity (Wildman–Crippen MR) is 118 cm³/mol. The van der Waals surface area contributed by atoms with Crippen LogP contribution in [0.4, 0.5) is 26.3 Å². The van der Waals surface area contributed by atoms with Crippen LogP contribution in [-0.2, 0) is 25.6 Å². The molecule has 1 saturated heterocycles. The predicted octanol–water partition coefficient (Wildman–Crippen LogP) is 4.27. The van der Waals surface area contributed by atoms with Crippen LogP contribution in [0.15, 0.2) is 36.4 Å². The first kappa shape index (κ1) is 30.3. The number of carboxylic acid groups (broad SMARTS) is 2. The second-order valence-corrected chi connectivity index (χ2v) is 8.05. The fourth-order valence-electron chi connectivity index (χ4n) is 3.98. The fourth-order valence-corrected chi connectivity index (χ4v) is 3.98. The Morgan fingerprint density at radius 1 is 1.03 bits per heavy atom. The third kappa shape index (κ3) is 9.13. The molecule has 2 aliphatic rings. The topological polar surface area (TPSA) is 109 Å². The molecular formula is C23H26F6N2O6. The van der Waals surface area contributed by atoms with Crippen LogP contribution in [0.3, 0.4) is 0 Å². The van der Waals surface area contributed by atoms with Crippen molar-refractivity contribution in [3.63, 3.8) is 0 Å². The summed E-state index contributed by atoms with van der Waals surface area (Å²) < 4.78 is 75.4. The summed E-state index contributed by atoms with van der Waals surface area (Å²) in [5.41, 5.74) is 2.22. The minimum Gasteiger partial charge on any atom is -0.475 e. The van der Waals surface area contributed by atoms with Crippen molar-refractivity contribution >= 4 is 22.8 Å². The van der Waals surface area contributed by atoms with Gasteiger partial charge in [0.25, 0.3) is 0 Å². The molecule has 1 aliphatic heterocycles. The number of ether oxygens (including phenoxy) is 2. The van der Waals surface area contributed by atoms with E-state index >= 15 is 0 Å². The van der Waals surface area contributed by atoms with E-state index in [2.05, 4.69) is 42.2 Å². The molecule has 0 bridgehead atoms. The van der Waals surface area contributed by atoms with Gasteiger partial charge in [0.05, 0.1) is 30.0 Å². The summed E-state index contributed by atoms with van der Waals surface area (Å²) in [7, 11) is 0. The van der Waals surface area contributed by atoms with E-state index < -0.39 is 24.3 Å². The molecule has 206 valence electrons. The van der Waals surface area contributed by atoms with E-state index in [1.807, 2.05) is 6.07 Å². The molecule has 2 fully saturated rings. The number of morpholine rings is 1. The molecule has 2 heterocycles. The highest BCUT2D eigenvalue weighted by atomic mass is 19.4. The Morgan fingerprint density at radius 3 is 2.19 bits per heavy atom. The van der Waals surface area contributed by atoms with Gasteiger partial charge in [-0.25, -0.2) is 9.59 Å². The molecular weight excluding hydrogens is 514 g/mol. The van der Waals surface area contributed by atoms with Crippen LogP contribution in [0.2, 0.25) is 0 Å². The summed E-state index contributed by atoms with van der Waals surface area (Å²) in [6.07, 6.45) is -7.42. The van der Waals surface area contributed by atoms with Crippen LogP contribution < -0.4 is 0 Å². The Labute approximate surface area is 207 Å². The lowest BCUT2D eigenvalue weighted by atomic mass is 10.1. The first-order valence-corrected chi connectivity index (χ1v) is 11.2. The molecule has 0 radical (unpaired) electrons. The number of carbonyl (C=O) groups is 2. The molecule has 1 saturated carbocycles. The maximum Gasteiger partial charge on any atom is 0.490 e. The van der Waals surface area contributed by atoms with E-state index in [1.54, 1.807) is 0 Å². The SMILES string of the molecule is CCO[C@H]1CC[C@H]2[C@H]1OCCN2Cc1ccc2ccccc2n1.O=C(O)C(F)(F)F.O=C(O)C(F)(F)F. The molecule has 37 heavy (non-hydrogen) atoms. The quantitative estimate of drug-likeness (QED) is 0.554. The zero-order valence-corrected chi connectivity index (χ0v) is 19.6. The highest BCUT2D eigenvalue weighted by Gasteiger charge is 2.43. The fraction of sp³-hybridized carbons (Fsp3) is 0.522. The normalized spacial score (nSPS) is 21.8. The van der Waals surface area contributed by atoms with E-state index in [0.29, 0.717) is 6.04 Å². The van der Waals surface area contributed by atoms with Gasteiger partial charge < -0.3 is 19.7 Å². The number of carboxylic acids is 2. The summed E-state index contributed by atoms with van der Waals surface area (Å²) in [5.74, 6) is -5.51. The number of benzene rings is 1. The van der Waals surface area contributed by atoms with Gasteiger partial charge in [-0.15, -0.1) is 0 Å². The smallest absolute Gasteiger partial charge is 0.475 e. The Morgan fingerprint density at radius 2 is 1.62 bits per heavy atom. The zero-order valence-electron chi connectivity index (χ0n) is 19.6. The van der Waals surface area contributed by atoms with E-state index in [1.165, 1.54) is 5.39 Å². The molecule has 0 amide bonds. The summed E-state index contributed by atoms with van der Waals surface area (Å²) >= 11 is 0. The largest absolute Gasteiger partial charge is 0.490 e. The van der Waals surface area contributed by atoms with Crippen molar-refractivity contribution in [3.05, 3.63) is 42.1 Å². The van der Waals surface area contributed by atoms with Crippen molar-refractivity contribution in [1.29, 1.82) is 0 Å². The number of aliphatic carboxylic acids is 2. The monoisotopic (exact) mass is 540 g/mol. The molecule has 0 unspecified atom stereocenters. The first-order valence-electron chi connectivity index (χ1n) is 11.2. The van der Waals surface area contributed by atoms with Crippen LogP contribution in [0.5, 0.6) is 0 Å². The summed E-state index contributed by atoms with van der Waals surface area (Å²) in [6, 6.07) is 13.1. The van der Waals surface area contributed by atoms with Crippen molar-refractivity contribution in [2.24, 2.45) is 0 Å². The zero-order chi connectivity index (χ0) is 27.8. The minimum absolute atomic E-state index is 0.226. The average Bonchev–Trinajstić information content (AvgIpc) is 3.23. The molecule has 2 aromatic rings. The Kier molecular flexibility index (Phi) is 10.6. The third-order valence-electron chi connectivity index (χ3n) is 5.54. The van der Waals surface area contributed by atoms with Crippen molar-refractivity contribution in [2.75, 3.05) is 19.8 Å². The van der Waals surface area contributed by atoms with Crippen LogP contribution in [0.1, 0.15) is 25.5 Å². The summed E-state index contributed by atoms with van der Waals surface area (Å²) in [4.78, 5) is 25.1. The number of rotatable bonds is 4. The number of hydrogen-bond acceptors (Lipinski definition) is 6. The van der Waals surface area contributed by atoms with Gasteiger partial charge in [0, 0.05) is 31.1 Å². The van der Waals surface area contributed by atoms with Crippen LogP contribution in [0, 0.1) is 0 Å². The molecule has 4 rings (SSSR count). The molecule has 1 aromatic carbocycles. The molecule has 0 spiro atoms. The second-order valence-electron chi connectivity index (χ2n) is 8.05. The maximum absolute atomic E-state index is 10.6. The average molecular weight is 540 g/mol. The molecule has 14 heteroatoms. The molecule has 1 aliphatic carbocycles. The van der Waals surface area contributed by atoms with Gasteiger partial charge in [0.15, 0.2) is 0 Å². The van der Waals surface area contributed by atoms with Crippen molar-refractivity contribution < 1.29 is 55.6 Å². The summed E-state index contributed by atoms with van der Waals surface area (Å²) in [5, 5.41) is 15.5. The van der Waals surface area contributed by atoms with Gasteiger partial charge >= 0.3 is 24.3 Å². The maximum atomic E-state index is 10.6. The van der Waals surface area contributed by atoms with Crippen molar-refractivity contribution in [2.45, 2.75) is 56.9 Å². The van der Waals surface area contributed by atoms with Crippen LogP contribution in [0.25, 0.3) is 10.9 Å². The van der Waals surface area contributed by atoms with E-state index in [-0.39, 0.29) is 12.2 Å². The van der Waals surface area contributed by atoms with Gasteiger partial charge in [-0.2, -0.15) is 26.3 Å². The molecule has 2 N–H and O–H groups in total. The number of aromatic nitrogens is 1. The number of fused-ring (bicyclic) bond motifs is 2. The molecule has 1 aromatic heterocycles. The van der Waals surface area contributed by atoms with Gasteiger partial charge in [0.1, 0.15) is 0 Å². The first-order chi connectivity index (χ1) is 17.2. The van der Waals surface area contributed by atoms with Gasteiger partial charge in [-0.1, -0.05) is 24.3 Å². The minimum atomic E-state index is -5.08.